The Hall–Kier alpha value is -4.68. The van der Waals surface area contributed by atoms with Gasteiger partial charge in [-0.2, -0.15) is 0 Å². The number of benzene rings is 5. The highest BCUT2D eigenvalue weighted by molar-refractivity contribution is 6.04. The molecule has 1 aliphatic rings. The Bertz CT molecular complexity index is 1960. The van der Waals surface area contributed by atoms with Gasteiger partial charge in [0.2, 0.25) is 5.82 Å². The first-order valence-electron chi connectivity index (χ1n) is 15.7. The Kier molecular flexibility index (Phi) is 10.1. The van der Waals surface area contributed by atoms with E-state index in [4.69, 9.17) is 9.47 Å². The predicted octanol–water partition coefficient (Wildman–Crippen LogP) is 8.52. The molecular formula is C38H33F5N2O4. The summed E-state index contributed by atoms with van der Waals surface area (Å²) in [4.78, 5) is 14.9. The minimum Gasteiger partial charge on any atom is -0.392 e. The summed E-state index contributed by atoms with van der Waals surface area (Å²) in [6, 6.07) is 28.0. The number of hydrogen-bond acceptors (Lipinski definition) is 5. The molecule has 254 valence electrons. The van der Waals surface area contributed by atoms with Crippen molar-refractivity contribution in [1.82, 2.24) is 4.90 Å². The van der Waals surface area contributed by atoms with E-state index in [1.165, 1.54) is 12.1 Å². The van der Waals surface area contributed by atoms with Gasteiger partial charge in [0, 0.05) is 30.3 Å². The Morgan fingerprint density at radius 2 is 1.49 bits per heavy atom. The Morgan fingerprint density at radius 1 is 0.816 bits per heavy atom. The number of aliphatic hydroxyl groups excluding tert-OH is 1. The van der Waals surface area contributed by atoms with Gasteiger partial charge in [-0.3, -0.25) is 9.69 Å². The first-order chi connectivity index (χ1) is 23.5. The molecule has 2 N–H and O–H groups in total. The van der Waals surface area contributed by atoms with E-state index < -0.39 is 53.0 Å². The van der Waals surface area contributed by atoms with Crippen molar-refractivity contribution in [3.05, 3.63) is 148 Å². The zero-order valence-electron chi connectivity index (χ0n) is 26.6. The molecule has 0 aliphatic carbocycles. The number of rotatable bonds is 9. The second kappa shape index (κ2) is 14.4. The minimum absolute atomic E-state index is 0.0201. The first-order valence-corrected chi connectivity index (χ1v) is 15.7. The molecule has 6 rings (SSSR count). The molecule has 0 aromatic heterocycles. The molecular weight excluding hydrogens is 643 g/mol. The van der Waals surface area contributed by atoms with Crippen LogP contribution >= 0.6 is 0 Å². The number of nitrogens with one attached hydrogen (secondary N) is 1. The first kappa shape index (κ1) is 34.2. The van der Waals surface area contributed by atoms with Gasteiger partial charge in [0.05, 0.1) is 18.8 Å². The molecule has 1 fully saturated rings. The van der Waals surface area contributed by atoms with Crippen molar-refractivity contribution >= 4 is 22.4 Å². The van der Waals surface area contributed by atoms with Crippen LogP contribution in [0, 0.1) is 29.1 Å². The number of fused-ring (bicyclic) bond motifs is 1. The molecule has 5 aromatic carbocycles. The number of anilines is 1. The Morgan fingerprint density at radius 3 is 2.18 bits per heavy atom. The van der Waals surface area contributed by atoms with Crippen LogP contribution in [0.3, 0.4) is 0 Å². The lowest BCUT2D eigenvalue weighted by Crippen LogP contribution is -2.38. The summed E-state index contributed by atoms with van der Waals surface area (Å²) >= 11 is 0. The molecule has 0 radical (unpaired) electrons. The van der Waals surface area contributed by atoms with Gasteiger partial charge in [-0.05, 0) is 59.6 Å². The number of hydrogen-bond donors (Lipinski definition) is 2. The lowest BCUT2D eigenvalue weighted by molar-refractivity contribution is -0.253. The fourth-order valence-electron chi connectivity index (χ4n) is 6.00. The summed E-state index contributed by atoms with van der Waals surface area (Å²) in [5.74, 6) is -12.8. The largest absolute Gasteiger partial charge is 0.392 e. The maximum atomic E-state index is 14.3. The van der Waals surface area contributed by atoms with Gasteiger partial charge in [0.1, 0.15) is 5.56 Å². The smallest absolute Gasteiger partial charge is 0.261 e. The minimum atomic E-state index is -2.35. The molecule has 0 spiro atoms. The number of nitrogens with zero attached hydrogens (tertiary/aromatic N) is 1. The fourth-order valence-corrected chi connectivity index (χ4v) is 6.00. The van der Waals surface area contributed by atoms with Gasteiger partial charge in [-0.15, -0.1) is 0 Å². The van der Waals surface area contributed by atoms with Crippen molar-refractivity contribution in [3.63, 3.8) is 0 Å². The lowest BCUT2D eigenvalue weighted by atomic mass is 9.98. The maximum Gasteiger partial charge on any atom is 0.261 e. The molecule has 1 amide bonds. The predicted molar refractivity (Wildman–Crippen MR) is 174 cm³/mol. The normalized spacial score (nSPS) is 18.5. The van der Waals surface area contributed by atoms with Crippen LogP contribution in [-0.4, -0.2) is 35.6 Å². The summed E-state index contributed by atoms with van der Waals surface area (Å²) in [7, 11) is 2.01. The average Bonchev–Trinajstić information content (AvgIpc) is 3.12. The molecule has 0 bridgehead atoms. The van der Waals surface area contributed by atoms with Crippen molar-refractivity contribution in [1.29, 1.82) is 0 Å². The number of aliphatic hydroxyl groups is 1. The molecule has 4 atom stereocenters. The van der Waals surface area contributed by atoms with E-state index in [2.05, 4.69) is 47.5 Å². The lowest BCUT2D eigenvalue weighted by Gasteiger charge is -2.39. The van der Waals surface area contributed by atoms with E-state index in [0.717, 1.165) is 27.5 Å². The molecule has 1 heterocycles. The van der Waals surface area contributed by atoms with Gasteiger partial charge < -0.3 is 19.9 Å². The van der Waals surface area contributed by atoms with Crippen molar-refractivity contribution in [2.75, 3.05) is 18.9 Å². The van der Waals surface area contributed by atoms with Gasteiger partial charge in [-0.25, -0.2) is 22.0 Å². The van der Waals surface area contributed by atoms with E-state index in [1.54, 1.807) is 12.1 Å². The highest BCUT2D eigenvalue weighted by Gasteiger charge is 2.34. The van der Waals surface area contributed by atoms with Gasteiger partial charge in [-0.1, -0.05) is 72.8 Å². The molecule has 5 aromatic rings. The van der Waals surface area contributed by atoms with E-state index in [0.29, 0.717) is 18.5 Å². The standard InChI is InChI=1S/C38H33F5N2O4/c1-21(25-15-14-23-6-3-4-7-26(23)16-25)45(2)19-29-18-30(24-12-10-22(20-46)11-13-24)49-38(48-29)27-8-5-9-28(17-27)44-37(47)31-32(39)34(41)36(43)35(42)33(31)40/h3-17,21,29-30,38,46H,18-20H2,1-2H3,(H,44,47). The number of halogens is 5. The highest BCUT2D eigenvalue weighted by atomic mass is 19.2. The van der Waals surface area contributed by atoms with E-state index in [9.17, 15) is 31.9 Å². The van der Waals surface area contributed by atoms with Gasteiger partial charge in [0.25, 0.3) is 5.91 Å². The number of carbonyl (C=O) groups is 1. The van der Waals surface area contributed by atoms with Crippen LogP contribution in [0.1, 0.15) is 64.4 Å². The summed E-state index contributed by atoms with van der Waals surface area (Å²) < 4.78 is 82.6. The van der Waals surface area contributed by atoms with Crippen LogP contribution in [0.5, 0.6) is 0 Å². The van der Waals surface area contributed by atoms with Crippen LogP contribution in [0.2, 0.25) is 0 Å². The van der Waals surface area contributed by atoms with Crippen LogP contribution in [-0.2, 0) is 16.1 Å². The topological polar surface area (TPSA) is 71.0 Å². The van der Waals surface area contributed by atoms with Crippen LogP contribution in [0.25, 0.3) is 10.8 Å². The Balaban J connectivity index is 1.24. The van der Waals surface area contributed by atoms with Crippen LogP contribution in [0.15, 0.2) is 91.0 Å². The van der Waals surface area contributed by atoms with Crippen molar-refractivity contribution in [3.8, 4) is 0 Å². The molecule has 4 unspecified atom stereocenters. The zero-order chi connectivity index (χ0) is 34.8. The zero-order valence-corrected chi connectivity index (χ0v) is 26.6. The number of carbonyl (C=O) groups excluding carboxylic acids is 1. The van der Waals surface area contributed by atoms with Crippen molar-refractivity contribution in [2.45, 2.75) is 44.5 Å². The summed E-state index contributed by atoms with van der Waals surface area (Å²) in [6.07, 6.45) is -1.20. The van der Waals surface area contributed by atoms with E-state index in [-0.39, 0.29) is 24.4 Å². The maximum absolute atomic E-state index is 14.3. The molecule has 0 saturated carbocycles. The number of likely N-dealkylation sites (N-methyl/N-ethyl adjacent to an activating group) is 1. The molecule has 49 heavy (non-hydrogen) atoms. The molecule has 11 heteroatoms. The van der Waals surface area contributed by atoms with Crippen molar-refractivity contribution < 1.29 is 41.3 Å². The third-order valence-electron chi connectivity index (χ3n) is 8.88. The average molecular weight is 677 g/mol. The Labute approximate surface area is 279 Å². The number of amides is 1. The summed E-state index contributed by atoms with van der Waals surface area (Å²) in [6.45, 7) is 2.53. The van der Waals surface area contributed by atoms with Crippen molar-refractivity contribution in [2.24, 2.45) is 0 Å². The molecule has 1 saturated heterocycles. The van der Waals surface area contributed by atoms with Gasteiger partial charge in [0.15, 0.2) is 29.6 Å². The highest BCUT2D eigenvalue weighted by Crippen LogP contribution is 2.39. The molecule has 1 aliphatic heterocycles. The second-order valence-corrected chi connectivity index (χ2v) is 12.1. The van der Waals surface area contributed by atoms with Crippen LogP contribution in [0.4, 0.5) is 27.6 Å². The third kappa shape index (κ3) is 7.20. The van der Waals surface area contributed by atoms with E-state index >= 15 is 0 Å². The summed E-state index contributed by atoms with van der Waals surface area (Å²) in [5, 5.41) is 14.0. The third-order valence-corrected chi connectivity index (χ3v) is 8.88. The quantitative estimate of drug-likeness (QED) is 0.0931. The number of ether oxygens (including phenoxy) is 2. The van der Waals surface area contributed by atoms with Crippen LogP contribution < -0.4 is 5.32 Å². The second-order valence-electron chi connectivity index (χ2n) is 12.1. The summed E-state index contributed by atoms with van der Waals surface area (Å²) in [5.41, 5.74) is 1.61. The molecule has 6 nitrogen and oxygen atoms in total. The van der Waals surface area contributed by atoms with Gasteiger partial charge >= 0.3 is 0 Å². The SMILES string of the molecule is CC(c1ccc2ccccc2c1)N(C)CC1CC(c2ccc(CO)cc2)OC(c2cccc(NC(=O)c3c(F)c(F)c(F)c(F)c3F)c2)O1. The van der Waals surface area contributed by atoms with E-state index in [1.807, 2.05) is 43.4 Å². The fraction of sp³-hybridized carbons (Fsp3) is 0.237. The monoisotopic (exact) mass is 676 g/mol.